The molecule has 3 rings (SSSR count). The second kappa shape index (κ2) is 9.91. The molecule has 0 unspecified atom stereocenters. The third-order valence-electron chi connectivity index (χ3n) is 6.67. The van der Waals surface area contributed by atoms with Crippen LogP contribution in [0.25, 0.3) is 0 Å². The summed E-state index contributed by atoms with van der Waals surface area (Å²) in [5.74, 6) is -0.694. The highest BCUT2D eigenvalue weighted by molar-refractivity contribution is 7.89. The van der Waals surface area contributed by atoms with Crippen LogP contribution in [-0.4, -0.2) is 55.0 Å². The van der Waals surface area contributed by atoms with Gasteiger partial charge in [-0.3, -0.25) is 14.5 Å². The highest BCUT2D eigenvalue weighted by Gasteiger charge is 2.51. The molecule has 2 amide bonds. The van der Waals surface area contributed by atoms with E-state index in [2.05, 4.69) is 5.32 Å². The normalized spacial score (nSPS) is 23.8. The van der Waals surface area contributed by atoms with Crippen LogP contribution >= 0.6 is 0 Å². The maximum absolute atomic E-state index is 13.7. The number of carbonyl (C=O) groups excluding carboxylic acids is 2. The van der Waals surface area contributed by atoms with Crippen molar-refractivity contribution in [3.63, 3.8) is 0 Å². The monoisotopic (exact) mass is 463 g/mol. The van der Waals surface area contributed by atoms with E-state index in [1.54, 1.807) is 13.8 Å². The van der Waals surface area contributed by atoms with Gasteiger partial charge >= 0.3 is 0 Å². The molecular weight excluding hydrogens is 426 g/mol. The van der Waals surface area contributed by atoms with E-state index < -0.39 is 15.6 Å². The molecule has 1 aliphatic carbocycles. The summed E-state index contributed by atoms with van der Waals surface area (Å²) >= 11 is 0. The number of carbonyl (C=O) groups is 2. The zero-order valence-electron chi connectivity index (χ0n) is 19.8. The lowest BCUT2D eigenvalue weighted by Crippen LogP contribution is -2.71. The van der Waals surface area contributed by atoms with E-state index in [-0.39, 0.29) is 36.7 Å². The van der Waals surface area contributed by atoms with Gasteiger partial charge in [0.2, 0.25) is 21.8 Å². The Labute approximate surface area is 192 Å². The van der Waals surface area contributed by atoms with Crippen LogP contribution in [0.2, 0.25) is 0 Å². The van der Waals surface area contributed by atoms with Gasteiger partial charge in [0.05, 0.1) is 12.3 Å². The Balaban J connectivity index is 2.00. The maximum atomic E-state index is 13.7. The number of hydrogen-bond donors (Lipinski definition) is 1. The van der Waals surface area contributed by atoms with Gasteiger partial charge < -0.3 is 5.32 Å². The molecule has 8 heteroatoms. The zero-order chi connectivity index (χ0) is 23.5. The fourth-order valence-corrected chi connectivity index (χ4v) is 6.47. The number of aryl methyl sites for hydroxylation is 2. The molecule has 1 atom stereocenters. The predicted molar refractivity (Wildman–Crippen MR) is 127 cm³/mol. The molecule has 1 heterocycles. The Morgan fingerprint density at radius 2 is 1.81 bits per heavy atom. The van der Waals surface area contributed by atoms with Crippen molar-refractivity contribution in [2.45, 2.75) is 84.2 Å². The number of anilines is 1. The molecule has 2 fully saturated rings. The topological polar surface area (TPSA) is 86.8 Å². The van der Waals surface area contributed by atoms with Crippen LogP contribution in [0.15, 0.2) is 18.2 Å². The minimum atomic E-state index is -3.63. The van der Waals surface area contributed by atoms with Crippen LogP contribution in [0.3, 0.4) is 0 Å². The minimum absolute atomic E-state index is 0.0375. The SMILES string of the molecule is CCCS(=O)(=O)N1CC(=O)N(c2ccc(C)cc2C)[C@@](C)(C(=O)NC2CCCCCC2)C1. The average Bonchev–Trinajstić information content (AvgIpc) is 2.97. The van der Waals surface area contributed by atoms with E-state index in [4.69, 9.17) is 0 Å². The third-order valence-corrected chi connectivity index (χ3v) is 8.64. The van der Waals surface area contributed by atoms with E-state index >= 15 is 0 Å². The van der Waals surface area contributed by atoms with Gasteiger partial charge in [0.1, 0.15) is 5.54 Å². The number of hydrogen-bond acceptors (Lipinski definition) is 4. The van der Waals surface area contributed by atoms with Gasteiger partial charge in [-0.05, 0) is 51.7 Å². The van der Waals surface area contributed by atoms with Gasteiger partial charge in [0.15, 0.2) is 0 Å². The van der Waals surface area contributed by atoms with Gasteiger partial charge in [-0.1, -0.05) is 50.3 Å². The fourth-order valence-electron chi connectivity index (χ4n) is 4.94. The second-order valence-electron chi connectivity index (χ2n) is 9.54. The van der Waals surface area contributed by atoms with Crippen LogP contribution in [0.5, 0.6) is 0 Å². The average molecular weight is 464 g/mol. The molecule has 1 aromatic carbocycles. The molecule has 2 aliphatic rings. The van der Waals surface area contributed by atoms with Crippen LogP contribution in [-0.2, 0) is 19.6 Å². The summed E-state index contributed by atoms with van der Waals surface area (Å²) in [6, 6.07) is 5.81. The van der Waals surface area contributed by atoms with E-state index in [9.17, 15) is 18.0 Å². The number of sulfonamides is 1. The summed E-state index contributed by atoms with van der Waals surface area (Å²) in [6.45, 7) is 7.09. The molecule has 0 aromatic heterocycles. The third kappa shape index (κ3) is 5.17. The van der Waals surface area contributed by atoms with Crippen LogP contribution in [0.1, 0.15) is 69.9 Å². The molecule has 1 N–H and O–H groups in total. The minimum Gasteiger partial charge on any atom is -0.351 e. The summed E-state index contributed by atoms with van der Waals surface area (Å²) in [6.07, 6.45) is 6.75. The number of benzene rings is 1. The van der Waals surface area contributed by atoms with Crippen molar-refractivity contribution < 1.29 is 18.0 Å². The first kappa shape index (κ1) is 24.7. The Bertz CT molecular complexity index is 954. The summed E-state index contributed by atoms with van der Waals surface area (Å²) in [7, 11) is -3.63. The molecule has 1 aromatic rings. The number of amides is 2. The lowest BCUT2D eigenvalue weighted by molar-refractivity contribution is -0.133. The lowest BCUT2D eigenvalue weighted by Gasteiger charge is -2.47. The largest absolute Gasteiger partial charge is 0.351 e. The Hall–Kier alpha value is -1.93. The fraction of sp³-hybridized carbons (Fsp3) is 0.667. The summed E-state index contributed by atoms with van der Waals surface area (Å²) in [4.78, 5) is 28.6. The number of rotatable bonds is 6. The summed E-state index contributed by atoms with van der Waals surface area (Å²) in [5.41, 5.74) is 1.28. The molecule has 178 valence electrons. The van der Waals surface area contributed by atoms with Crippen molar-refractivity contribution in [2.24, 2.45) is 0 Å². The molecular formula is C24H37N3O4S. The van der Waals surface area contributed by atoms with E-state index in [1.165, 1.54) is 22.0 Å². The number of piperazine rings is 1. The molecule has 0 spiro atoms. The second-order valence-corrected chi connectivity index (χ2v) is 11.6. The first-order valence-corrected chi connectivity index (χ1v) is 13.4. The molecule has 1 saturated carbocycles. The predicted octanol–water partition coefficient (Wildman–Crippen LogP) is 3.29. The van der Waals surface area contributed by atoms with Crippen molar-refractivity contribution >= 4 is 27.5 Å². The molecule has 1 saturated heterocycles. The highest BCUT2D eigenvalue weighted by atomic mass is 32.2. The molecule has 1 aliphatic heterocycles. The lowest BCUT2D eigenvalue weighted by atomic mass is 9.92. The van der Waals surface area contributed by atoms with E-state index in [1.807, 2.05) is 32.0 Å². The summed E-state index contributed by atoms with van der Waals surface area (Å²) < 4.78 is 26.9. The van der Waals surface area contributed by atoms with Gasteiger partial charge in [0.25, 0.3) is 0 Å². The quantitative estimate of drug-likeness (QED) is 0.656. The molecule has 7 nitrogen and oxygen atoms in total. The summed E-state index contributed by atoms with van der Waals surface area (Å²) in [5, 5.41) is 3.17. The molecule has 0 radical (unpaired) electrons. The van der Waals surface area contributed by atoms with Crippen LogP contribution < -0.4 is 10.2 Å². The van der Waals surface area contributed by atoms with E-state index in [0.29, 0.717) is 12.1 Å². The van der Waals surface area contributed by atoms with Crippen molar-refractivity contribution in [3.8, 4) is 0 Å². The van der Waals surface area contributed by atoms with Crippen LogP contribution in [0, 0.1) is 13.8 Å². The van der Waals surface area contributed by atoms with E-state index in [0.717, 1.165) is 36.8 Å². The van der Waals surface area contributed by atoms with Gasteiger partial charge in [-0.25, -0.2) is 8.42 Å². The first-order valence-electron chi connectivity index (χ1n) is 11.8. The number of nitrogens with one attached hydrogen (secondary N) is 1. The number of nitrogens with zero attached hydrogens (tertiary/aromatic N) is 2. The Morgan fingerprint density at radius 3 is 2.41 bits per heavy atom. The standard InChI is InChI=1S/C24H37N3O4S/c1-5-14-32(30,31)26-16-22(28)27(21-13-12-18(2)15-19(21)3)24(4,17-26)23(29)25-20-10-8-6-7-9-11-20/h12-13,15,20H,5-11,14,16-17H2,1-4H3,(H,25,29)/t24-/m1/s1. The Morgan fingerprint density at radius 1 is 1.16 bits per heavy atom. The van der Waals surface area contributed by atoms with Crippen molar-refractivity contribution in [1.29, 1.82) is 0 Å². The Kier molecular flexibility index (Phi) is 7.65. The van der Waals surface area contributed by atoms with Crippen molar-refractivity contribution in [1.82, 2.24) is 9.62 Å². The van der Waals surface area contributed by atoms with Crippen LogP contribution in [0.4, 0.5) is 5.69 Å². The van der Waals surface area contributed by atoms with Gasteiger partial charge in [-0.15, -0.1) is 0 Å². The smallest absolute Gasteiger partial charge is 0.247 e. The van der Waals surface area contributed by atoms with Crippen molar-refractivity contribution in [2.75, 3.05) is 23.7 Å². The first-order chi connectivity index (χ1) is 15.1. The molecule has 0 bridgehead atoms. The van der Waals surface area contributed by atoms with Crippen molar-refractivity contribution in [3.05, 3.63) is 29.3 Å². The maximum Gasteiger partial charge on any atom is 0.247 e. The molecule has 32 heavy (non-hydrogen) atoms. The highest BCUT2D eigenvalue weighted by Crippen LogP contribution is 2.34. The zero-order valence-corrected chi connectivity index (χ0v) is 20.6. The van der Waals surface area contributed by atoms with Gasteiger partial charge in [0, 0.05) is 18.3 Å². The van der Waals surface area contributed by atoms with Gasteiger partial charge in [-0.2, -0.15) is 4.31 Å².